The van der Waals surface area contributed by atoms with Crippen LogP contribution in [0.15, 0.2) is 12.5 Å². The number of carbonyl (C=O) groups is 1. The normalized spacial score (nSPS) is 18.9. The monoisotopic (exact) mass is 406 g/mol. The number of nitrogens with zero attached hydrogens (tertiary/aromatic N) is 4. The Kier molecular flexibility index (Phi) is 3.72. The Balaban J connectivity index is 1.96. The Hall–Kier alpha value is -1.09. The fourth-order valence-corrected chi connectivity index (χ4v) is 3.91. The van der Waals surface area contributed by atoms with Gasteiger partial charge in [0.05, 0.1) is 11.4 Å². The van der Waals surface area contributed by atoms with E-state index < -0.39 is 6.09 Å². The largest absolute Gasteiger partial charge is 0.465 e. The van der Waals surface area contributed by atoms with E-state index >= 15 is 0 Å². The summed E-state index contributed by atoms with van der Waals surface area (Å²) >= 11 is 8.29. The minimum Gasteiger partial charge on any atom is -0.465 e. The maximum atomic E-state index is 11.2. The lowest BCUT2D eigenvalue weighted by Crippen LogP contribution is -2.36. The Morgan fingerprint density at radius 1 is 1.55 bits per heavy atom. The van der Waals surface area contributed by atoms with Gasteiger partial charge in [0, 0.05) is 22.9 Å². The molecule has 1 fully saturated rings. The Morgan fingerprint density at radius 3 is 3.10 bits per heavy atom. The fraction of sp³-hybridized carbons (Fsp3) is 0.417. The zero-order valence-corrected chi connectivity index (χ0v) is 13.4. The van der Waals surface area contributed by atoms with Crippen LogP contribution >= 0.6 is 34.2 Å². The van der Waals surface area contributed by atoms with Gasteiger partial charge >= 0.3 is 6.09 Å². The summed E-state index contributed by atoms with van der Waals surface area (Å²) in [5, 5.41) is 10.5. The van der Waals surface area contributed by atoms with E-state index in [2.05, 4.69) is 32.6 Å². The number of fused-ring (bicyclic) bond motifs is 1. The van der Waals surface area contributed by atoms with Gasteiger partial charge in [0.1, 0.15) is 17.1 Å². The molecule has 1 amide bonds. The van der Waals surface area contributed by atoms with Crippen molar-refractivity contribution in [3.05, 3.63) is 21.2 Å². The number of hydrogen-bond acceptors (Lipinski definition) is 3. The molecule has 2 aromatic heterocycles. The molecule has 1 aliphatic heterocycles. The van der Waals surface area contributed by atoms with Crippen molar-refractivity contribution in [3.8, 4) is 0 Å². The van der Waals surface area contributed by atoms with Crippen molar-refractivity contribution in [3.63, 3.8) is 0 Å². The van der Waals surface area contributed by atoms with E-state index in [1.54, 1.807) is 0 Å². The van der Waals surface area contributed by atoms with Crippen molar-refractivity contribution >= 4 is 51.3 Å². The van der Waals surface area contributed by atoms with E-state index in [-0.39, 0.29) is 6.04 Å². The van der Waals surface area contributed by atoms with Crippen LogP contribution in [-0.4, -0.2) is 43.2 Å². The van der Waals surface area contributed by atoms with Crippen LogP contribution in [0.25, 0.3) is 11.0 Å². The first-order chi connectivity index (χ1) is 9.58. The van der Waals surface area contributed by atoms with Crippen LogP contribution in [0.3, 0.4) is 0 Å². The lowest BCUT2D eigenvalue weighted by molar-refractivity contribution is 0.136. The van der Waals surface area contributed by atoms with Gasteiger partial charge in [-0.2, -0.15) is 0 Å². The van der Waals surface area contributed by atoms with Crippen LogP contribution in [0.4, 0.5) is 4.79 Å². The third-order valence-corrected chi connectivity index (χ3v) is 4.70. The van der Waals surface area contributed by atoms with E-state index in [1.165, 1.54) is 11.2 Å². The molecule has 0 aromatic carbocycles. The molecule has 0 spiro atoms. The number of halogens is 2. The van der Waals surface area contributed by atoms with Gasteiger partial charge in [0.2, 0.25) is 0 Å². The summed E-state index contributed by atoms with van der Waals surface area (Å²) in [4.78, 5) is 21.0. The summed E-state index contributed by atoms with van der Waals surface area (Å²) in [7, 11) is 0. The zero-order valence-electron chi connectivity index (χ0n) is 10.5. The van der Waals surface area contributed by atoms with Gasteiger partial charge in [-0.3, -0.25) is 0 Å². The molecule has 0 saturated carbocycles. The van der Waals surface area contributed by atoms with E-state index in [0.29, 0.717) is 18.2 Å². The summed E-state index contributed by atoms with van der Waals surface area (Å²) in [6.07, 6.45) is 4.31. The van der Waals surface area contributed by atoms with E-state index in [4.69, 9.17) is 11.6 Å². The van der Waals surface area contributed by atoms with Gasteiger partial charge in [-0.25, -0.2) is 14.8 Å². The van der Waals surface area contributed by atoms with E-state index in [1.807, 2.05) is 10.8 Å². The highest BCUT2D eigenvalue weighted by Gasteiger charge is 2.29. The van der Waals surface area contributed by atoms with Crippen LogP contribution in [0.5, 0.6) is 0 Å². The molecule has 1 unspecified atom stereocenters. The number of hydrogen-bond donors (Lipinski definition) is 1. The zero-order chi connectivity index (χ0) is 14.3. The van der Waals surface area contributed by atoms with Gasteiger partial charge in [0.15, 0.2) is 0 Å². The number of aromatic nitrogens is 3. The molecular formula is C12H12ClIN4O2. The topological polar surface area (TPSA) is 71.2 Å². The molecule has 8 heteroatoms. The van der Waals surface area contributed by atoms with Gasteiger partial charge in [-0.05, 0) is 35.4 Å². The SMILES string of the molecule is O=C(O)N1CCCC1Cn1cc(I)c2c(Cl)ncnc21. The summed E-state index contributed by atoms with van der Waals surface area (Å²) in [5.74, 6) is 0. The molecule has 1 atom stereocenters. The number of rotatable bonds is 2. The average molecular weight is 407 g/mol. The van der Waals surface area contributed by atoms with Gasteiger partial charge < -0.3 is 14.6 Å². The standard InChI is InChI=1S/C12H12ClIN4O2/c13-10-9-8(14)5-17(11(9)16-6-15-10)4-7-2-1-3-18(7)12(19)20/h5-7H,1-4H2,(H,19,20). The van der Waals surface area contributed by atoms with Crippen LogP contribution in [0.2, 0.25) is 5.15 Å². The molecule has 1 saturated heterocycles. The fourth-order valence-electron chi connectivity index (χ4n) is 2.68. The third kappa shape index (κ3) is 2.32. The summed E-state index contributed by atoms with van der Waals surface area (Å²) < 4.78 is 2.94. The molecule has 0 radical (unpaired) electrons. The lowest BCUT2D eigenvalue weighted by Gasteiger charge is -2.22. The smallest absolute Gasteiger partial charge is 0.407 e. The van der Waals surface area contributed by atoms with Crippen molar-refractivity contribution < 1.29 is 9.90 Å². The summed E-state index contributed by atoms with van der Waals surface area (Å²) in [6, 6.07) is -0.00681. The molecule has 3 rings (SSSR count). The average Bonchev–Trinajstić information content (AvgIpc) is 2.97. The van der Waals surface area contributed by atoms with Crippen molar-refractivity contribution in [2.45, 2.75) is 25.4 Å². The van der Waals surface area contributed by atoms with Crippen molar-refractivity contribution in [2.24, 2.45) is 0 Å². The van der Waals surface area contributed by atoms with Crippen molar-refractivity contribution in [1.29, 1.82) is 0 Å². The molecule has 6 nitrogen and oxygen atoms in total. The maximum Gasteiger partial charge on any atom is 0.407 e. The van der Waals surface area contributed by atoms with Gasteiger partial charge in [-0.15, -0.1) is 0 Å². The second-order valence-corrected chi connectivity index (χ2v) is 6.28. The molecule has 3 heterocycles. The first kappa shape index (κ1) is 13.9. The van der Waals surface area contributed by atoms with Crippen LogP contribution < -0.4 is 0 Å². The quantitative estimate of drug-likeness (QED) is 0.615. The first-order valence-electron chi connectivity index (χ1n) is 6.22. The third-order valence-electron chi connectivity index (χ3n) is 3.59. The molecule has 0 bridgehead atoms. The predicted molar refractivity (Wildman–Crippen MR) is 83.0 cm³/mol. The maximum absolute atomic E-state index is 11.2. The molecule has 1 N–H and O–H groups in total. The highest BCUT2D eigenvalue weighted by molar-refractivity contribution is 14.1. The predicted octanol–water partition coefficient (Wildman–Crippen LogP) is 2.83. The Labute approximate surface area is 133 Å². The second kappa shape index (κ2) is 5.36. The van der Waals surface area contributed by atoms with Crippen LogP contribution in [-0.2, 0) is 6.54 Å². The van der Waals surface area contributed by atoms with Crippen molar-refractivity contribution in [2.75, 3.05) is 6.54 Å². The minimum atomic E-state index is -0.855. The van der Waals surface area contributed by atoms with Crippen LogP contribution in [0.1, 0.15) is 12.8 Å². The molecule has 20 heavy (non-hydrogen) atoms. The van der Waals surface area contributed by atoms with E-state index in [0.717, 1.165) is 27.4 Å². The molecule has 0 aliphatic carbocycles. The first-order valence-corrected chi connectivity index (χ1v) is 7.68. The summed E-state index contributed by atoms with van der Waals surface area (Å²) in [6.45, 7) is 1.20. The van der Waals surface area contributed by atoms with Crippen molar-refractivity contribution in [1.82, 2.24) is 19.4 Å². The number of likely N-dealkylation sites (tertiary alicyclic amines) is 1. The Bertz CT molecular complexity index is 675. The molecule has 1 aliphatic rings. The lowest BCUT2D eigenvalue weighted by atomic mass is 10.2. The van der Waals surface area contributed by atoms with Gasteiger partial charge in [-0.1, -0.05) is 11.6 Å². The van der Waals surface area contributed by atoms with E-state index in [9.17, 15) is 9.90 Å². The minimum absolute atomic E-state index is 0.00681. The molecule has 106 valence electrons. The highest BCUT2D eigenvalue weighted by Crippen LogP contribution is 2.28. The second-order valence-electron chi connectivity index (χ2n) is 4.76. The van der Waals surface area contributed by atoms with Gasteiger partial charge in [0.25, 0.3) is 0 Å². The number of carboxylic acid groups (broad SMARTS) is 1. The molecule has 2 aromatic rings. The van der Waals surface area contributed by atoms with Crippen LogP contribution in [0, 0.1) is 3.57 Å². The summed E-state index contributed by atoms with van der Waals surface area (Å²) in [5.41, 5.74) is 0.756. The molecular weight excluding hydrogens is 395 g/mol. The highest BCUT2D eigenvalue weighted by atomic mass is 127. The Morgan fingerprint density at radius 2 is 2.35 bits per heavy atom. The number of amides is 1.